The predicted molar refractivity (Wildman–Crippen MR) is 133 cm³/mol. The Morgan fingerprint density at radius 3 is 2.45 bits per heavy atom. The van der Waals surface area contributed by atoms with E-state index in [1.807, 2.05) is 49.4 Å². The molecule has 33 heavy (non-hydrogen) atoms. The molecule has 1 amide bonds. The maximum atomic E-state index is 12.7. The minimum atomic E-state index is -0.0754. The number of benzene rings is 3. The van der Waals surface area contributed by atoms with E-state index in [2.05, 4.69) is 48.0 Å². The van der Waals surface area contributed by atoms with E-state index in [1.165, 1.54) is 11.1 Å². The van der Waals surface area contributed by atoms with Crippen molar-refractivity contribution in [1.82, 2.24) is 14.9 Å². The van der Waals surface area contributed by atoms with Gasteiger partial charge in [-0.05, 0) is 80.6 Å². The number of nitrogens with one attached hydrogen (secondary N) is 1. The van der Waals surface area contributed by atoms with Crippen molar-refractivity contribution in [3.8, 4) is 5.75 Å². The number of aryl methyl sites for hydroxylation is 4. The van der Waals surface area contributed by atoms with Crippen LogP contribution in [0.25, 0.3) is 11.0 Å². The molecule has 4 rings (SSSR count). The fourth-order valence-electron chi connectivity index (χ4n) is 4.17. The summed E-state index contributed by atoms with van der Waals surface area (Å²) in [4.78, 5) is 17.5. The van der Waals surface area contributed by atoms with Gasteiger partial charge in [0.05, 0.1) is 24.2 Å². The quantitative estimate of drug-likeness (QED) is 0.337. The Morgan fingerprint density at radius 2 is 1.67 bits per heavy atom. The standard InChI is InChI=1S/C28H31N3O2/c1-20-16-21(2)18-23(17-20)33-15-9-8-14-31-26-13-7-6-12-25(26)30-27(31)19-29-28(32)24-11-5-4-10-22(24)3/h4-7,10-13,16-18H,8-9,14-15,19H2,1-3H3,(H,29,32). The summed E-state index contributed by atoms with van der Waals surface area (Å²) in [5, 5.41) is 3.04. The molecule has 0 spiro atoms. The fraction of sp³-hybridized carbons (Fsp3) is 0.286. The highest BCUT2D eigenvalue weighted by Gasteiger charge is 2.13. The summed E-state index contributed by atoms with van der Waals surface area (Å²) in [5.74, 6) is 1.72. The van der Waals surface area contributed by atoms with Crippen LogP contribution in [0.4, 0.5) is 0 Å². The second kappa shape index (κ2) is 10.3. The summed E-state index contributed by atoms with van der Waals surface area (Å²) < 4.78 is 8.17. The molecular weight excluding hydrogens is 410 g/mol. The topological polar surface area (TPSA) is 56.1 Å². The van der Waals surface area contributed by atoms with Crippen LogP contribution in [0.2, 0.25) is 0 Å². The van der Waals surface area contributed by atoms with Crippen LogP contribution < -0.4 is 10.1 Å². The molecule has 0 unspecified atom stereocenters. The Morgan fingerprint density at radius 1 is 0.939 bits per heavy atom. The van der Waals surface area contributed by atoms with Crippen LogP contribution in [0.15, 0.2) is 66.7 Å². The third-order valence-corrected chi connectivity index (χ3v) is 5.77. The lowest BCUT2D eigenvalue weighted by Gasteiger charge is -2.12. The number of nitrogens with zero attached hydrogens (tertiary/aromatic N) is 2. The summed E-state index contributed by atoms with van der Waals surface area (Å²) in [6.45, 7) is 8.01. The Kier molecular flexibility index (Phi) is 7.08. The number of aromatic nitrogens is 2. The van der Waals surface area contributed by atoms with E-state index >= 15 is 0 Å². The summed E-state index contributed by atoms with van der Waals surface area (Å²) in [5.41, 5.74) is 6.13. The van der Waals surface area contributed by atoms with Gasteiger partial charge in [-0.15, -0.1) is 0 Å². The highest BCUT2D eigenvalue weighted by atomic mass is 16.5. The van der Waals surface area contributed by atoms with Gasteiger partial charge in [-0.1, -0.05) is 36.4 Å². The van der Waals surface area contributed by atoms with Crippen LogP contribution in [0.3, 0.4) is 0 Å². The van der Waals surface area contributed by atoms with E-state index in [9.17, 15) is 4.79 Å². The number of rotatable bonds is 9. The van der Waals surface area contributed by atoms with Gasteiger partial charge in [-0.25, -0.2) is 4.98 Å². The van der Waals surface area contributed by atoms with Gasteiger partial charge in [-0.3, -0.25) is 4.79 Å². The number of unbranched alkanes of at least 4 members (excludes halogenated alkanes) is 1. The zero-order chi connectivity index (χ0) is 23.2. The lowest BCUT2D eigenvalue weighted by Crippen LogP contribution is -2.25. The third-order valence-electron chi connectivity index (χ3n) is 5.77. The number of ether oxygens (including phenoxy) is 1. The number of para-hydroxylation sites is 2. The molecule has 0 radical (unpaired) electrons. The van der Waals surface area contributed by atoms with E-state index in [-0.39, 0.29) is 5.91 Å². The summed E-state index contributed by atoms with van der Waals surface area (Å²) in [7, 11) is 0. The first-order valence-electron chi connectivity index (χ1n) is 11.5. The maximum Gasteiger partial charge on any atom is 0.251 e. The molecule has 0 aliphatic carbocycles. The van der Waals surface area contributed by atoms with Crippen LogP contribution in [0.1, 0.15) is 45.7 Å². The van der Waals surface area contributed by atoms with Crippen LogP contribution in [-0.4, -0.2) is 22.1 Å². The molecule has 0 atom stereocenters. The molecule has 0 aliphatic heterocycles. The largest absolute Gasteiger partial charge is 0.494 e. The number of carbonyl (C=O) groups excluding carboxylic acids is 1. The summed E-state index contributed by atoms with van der Waals surface area (Å²) in [6.07, 6.45) is 1.90. The molecule has 170 valence electrons. The molecule has 0 fully saturated rings. The molecule has 5 nitrogen and oxygen atoms in total. The minimum Gasteiger partial charge on any atom is -0.494 e. The first kappa shape index (κ1) is 22.6. The molecule has 5 heteroatoms. The summed E-state index contributed by atoms with van der Waals surface area (Å²) in [6, 6.07) is 22.0. The molecule has 1 aromatic heterocycles. The maximum absolute atomic E-state index is 12.7. The first-order chi connectivity index (χ1) is 16.0. The normalized spacial score (nSPS) is 11.0. The second-order valence-corrected chi connectivity index (χ2v) is 8.54. The van der Waals surface area contributed by atoms with Gasteiger partial charge in [-0.2, -0.15) is 0 Å². The highest BCUT2D eigenvalue weighted by molar-refractivity contribution is 5.95. The van der Waals surface area contributed by atoms with Gasteiger partial charge in [0.1, 0.15) is 11.6 Å². The van der Waals surface area contributed by atoms with Crippen molar-refractivity contribution < 1.29 is 9.53 Å². The predicted octanol–water partition coefficient (Wildman–Crippen LogP) is 5.75. The Bertz CT molecular complexity index is 1240. The molecule has 0 bridgehead atoms. The average molecular weight is 442 g/mol. The number of hydrogen-bond acceptors (Lipinski definition) is 3. The van der Waals surface area contributed by atoms with E-state index in [4.69, 9.17) is 9.72 Å². The van der Waals surface area contributed by atoms with E-state index in [0.717, 1.165) is 47.6 Å². The average Bonchev–Trinajstić information content (AvgIpc) is 3.14. The van der Waals surface area contributed by atoms with Crippen molar-refractivity contribution in [3.05, 3.63) is 94.8 Å². The number of amides is 1. The number of carbonyl (C=O) groups is 1. The van der Waals surface area contributed by atoms with Crippen molar-refractivity contribution in [2.75, 3.05) is 6.61 Å². The van der Waals surface area contributed by atoms with E-state index < -0.39 is 0 Å². The molecule has 4 aromatic rings. The third kappa shape index (κ3) is 5.61. The van der Waals surface area contributed by atoms with Crippen molar-refractivity contribution in [2.45, 2.75) is 46.7 Å². The van der Waals surface area contributed by atoms with Crippen LogP contribution in [0, 0.1) is 20.8 Å². The fourth-order valence-corrected chi connectivity index (χ4v) is 4.17. The molecule has 0 saturated carbocycles. The Labute approximate surface area is 195 Å². The smallest absolute Gasteiger partial charge is 0.251 e. The van der Waals surface area contributed by atoms with Crippen molar-refractivity contribution >= 4 is 16.9 Å². The Hall–Kier alpha value is -3.60. The van der Waals surface area contributed by atoms with Crippen molar-refractivity contribution in [2.24, 2.45) is 0 Å². The van der Waals surface area contributed by atoms with Crippen LogP contribution >= 0.6 is 0 Å². The molecule has 0 saturated heterocycles. The van der Waals surface area contributed by atoms with E-state index in [0.29, 0.717) is 18.7 Å². The second-order valence-electron chi connectivity index (χ2n) is 8.54. The van der Waals surface area contributed by atoms with Gasteiger partial charge in [0.25, 0.3) is 5.91 Å². The van der Waals surface area contributed by atoms with Gasteiger partial charge in [0, 0.05) is 12.1 Å². The molecule has 0 aliphatic rings. The van der Waals surface area contributed by atoms with Crippen LogP contribution in [-0.2, 0) is 13.1 Å². The van der Waals surface area contributed by atoms with Crippen LogP contribution in [0.5, 0.6) is 5.75 Å². The Balaban J connectivity index is 1.38. The SMILES string of the molecule is Cc1cc(C)cc(OCCCCn2c(CNC(=O)c3ccccc3C)nc3ccccc32)c1. The highest BCUT2D eigenvalue weighted by Crippen LogP contribution is 2.19. The molecular formula is C28H31N3O2. The zero-order valence-corrected chi connectivity index (χ0v) is 19.6. The van der Waals surface area contributed by atoms with Gasteiger partial charge in [0.15, 0.2) is 0 Å². The van der Waals surface area contributed by atoms with E-state index in [1.54, 1.807) is 0 Å². The molecule has 1 heterocycles. The minimum absolute atomic E-state index is 0.0754. The van der Waals surface area contributed by atoms with Crippen molar-refractivity contribution in [3.63, 3.8) is 0 Å². The monoisotopic (exact) mass is 441 g/mol. The lowest BCUT2D eigenvalue weighted by molar-refractivity contribution is 0.0949. The zero-order valence-electron chi connectivity index (χ0n) is 19.6. The number of imidazole rings is 1. The van der Waals surface area contributed by atoms with Gasteiger partial charge in [0.2, 0.25) is 0 Å². The summed E-state index contributed by atoms with van der Waals surface area (Å²) >= 11 is 0. The molecule has 3 aromatic carbocycles. The number of hydrogen-bond donors (Lipinski definition) is 1. The molecule has 1 N–H and O–H groups in total. The number of fused-ring (bicyclic) bond motifs is 1. The lowest BCUT2D eigenvalue weighted by atomic mass is 10.1. The van der Waals surface area contributed by atoms with Gasteiger partial charge < -0.3 is 14.6 Å². The van der Waals surface area contributed by atoms with Crippen molar-refractivity contribution in [1.29, 1.82) is 0 Å². The van der Waals surface area contributed by atoms with Gasteiger partial charge >= 0.3 is 0 Å². The first-order valence-corrected chi connectivity index (χ1v) is 11.5.